The highest BCUT2D eigenvalue weighted by atomic mass is 19.1. The molecule has 33 heavy (non-hydrogen) atoms. The molecule has 1 N–H and O–H groups in total. The summed E-state index contributed by atoms with van der Waals surface area (Å²) in [5.74, 6) is -0.736. The first-order valence-electron chi connectivity index (χ1n) is 10.3. The third-order valence-corrected chi connectivity index (χ3v) is 5.49. The fourth-order valence-electron chi connectivity index (χ4n) is 3.84. The quantitative estimate of drug-likeness (QED) is 0.254. The van der Waals surface area contributed by atoms with Crippen LogP contribution in [0.3, 0.4) is 0 Å². The fraction of sp³-hybridized carbons (Fsp3) is 0.120. The largest absolute Gasteiger partial charge is 0.340 e. The van der Waals surface area contributed by atoms with Gasteiger partial charge in [0.25, 0.3) is 5.69 Å². The third kappa shape index (κ3) is 4.64. The van der Waals surface area contributed by atoms with E-state index in [2.05, 4.69) is 10.5 Å². The molecule has 0 fully saturated rings. The molecule has 1 heterocycles. The highest BCUT2D eigenvalue weighted by Gasteiger charge is 2.16. The molecule has 0 bridgehead atoms. The van der Waals surface area contributed by atoms with Crippen molar-refractivity contribution >= 4 is 28.7 Å². The summed E-state index contributed by atoms with van der Waals surface area (Å²) in [4.78, 5) is 22.9. The molecular formula is C25H21FN4O3. The lowest BCUT2D eigenvalue weighted by Crippen LogP contribution is -2.20. The SMILES string of the molecule is Cc1c(C=NNC(=O)Cc2ccccc2[N+](=O)[O-])c2ccccc2n1Cc1ccccc1F. The number of hydrogen-bond donors (Lipinski definition) is 1. The number of nitrogens with zero attached hydrogens (tertiary/aromatic N) is 3. The van der Waals surface area contributed by atoms with E-state index in [0.717, 1.165) is 22.2 Å². The van der Waals surface area contributed by atoms with Crippen LogP contribution in [0.25, 0.3) is 10.9 Å². The van der Waals surface area contributed by atoms with Gasteiger partial charge in [-0.25, -0.2) is 9.82 Å². The number of rotatable bonds is 7. The average Bonchev–Trinajstić information content (AvgIpc) is 3.07. The smallest absolute Gasteiger partial charge is 0.273 e. The van der Waals surface area contributed by atoms with E-state index in [9.17, 15) is 19.3 Å². The second-order valence-corrected chi connectivity index (χ2v) is 7.55. The van der Waals surface area contributed by atoms with Crippen molar-refractivity contribution in [1.29, 1.82) is 0 Å². The summed E-state index contributed by atoms with van der Waals surface area (Å²) in [5, 5.41) is 16.1. The van der Waals surface area contributed by atoms with Crippen LogP contribution >= 0.6 is 0 Å². The van der Waals surface area contributed by atoms with Gasteiger partial charge in [-0.15, -0.1) is 0 Å². The Morgan fingerprint density at radius 1 is 1.06 bits per heavy atom. The van der Waals surface area contributed by atoms with Crippen molar-refractivity contribution in [2.45, 2.75) is 19.9 Å². The van der Waals surface area contributed by atoms with Crippen LogP contribution in [-0.2, 0) is 17.8 Å². The zero-order valence-electron chi connectivity index (χ0n) is 17.9. The Morgan fingerprint density at radius 2 is 1.73 bits per heavy atom. The summed E-state index contributed by atoms with van der Waals surface area (Å²) in [6, 6.07) is 20.5. The van der Waals surface area contributed by atoms with Gasteiger partial charge in [0.05, 0.1) is 24.1 Å². The maximum absolute atomic E-state index is 14.2. The number of nitrogens with one attached hydrogen (secondary N) is 1. The van der Waals surface area contributed by atoms with Crippen LogP contribution < -0.4 is 5.43 Å². The van der Waals surface area contributed by atoms with Crippen molar-refractivity contribution in [3.8, 4) is 0 Å². The van der Waals surface area contributed by atoms with E-state index in [1.54, 1.807) is 42.6 Å². The molecule has 1 aromatic heterocycles. The molecule has 0 atom stereocenters. The number of carbonyl (C=O) groups excluding carboxylic acids is 1. The van der Waals surface area contributed by atoms with Crippen LogP contribution in [0.4, 0.5) is 10.1 Å². The van der Waals surface area contributed by atoms with Gasteiger partial charge in [0.2, 0.25) is 5.91 Å². The van der Waals surface area contributed by atoms with Gasteiger partial charge >= 0.3 is 0 Å². The molecule has 0 spiro atoms. The van der Waals surface area contributed by atoms with Crippen molar-refractivity contribution in [2.75, 3.05) is 0 Å². The summed E-state index contributed by atoms with van der Waals surface area (Å²) in [7, 11) is 0. The third-order valence-electron chi connectivity index (χ3n) is 5.49. The highest BCUT2D eigenvalue weighted by molar-refractivity contribution is 6.01. The van der Waals surface area contributed by atoms with E-state index in [0.29, 0.717) is 17.7 Å². The lowest BCUT2D eigenvalue weighted by atomic mass is 10.1. The first kappa shape index (κ1) is 21.9. The lowest BCUT2D eigenvalue weighted by Gasteiger charge is -2.09. The van der Waals surface area contributed by atoms with E-state index in [1.165, 1.54) is 12.1 Å². The van der Waals surface area contributed by atoms with Crippen molar-refractivity contribution in [2.24, 2.45) is 5.10 Å². The molecule has 4 rings (SSSR count). The molecule has 7 nitrogen and oxygen atoms in total. The maximum Gasteiger partial charge on any atom is 0.273 e. The summed E-state index contributed by atoms with van der Waals surface area (Å²) < 4.78 is 16.2. The average molecular weight is 444 g/mol. The minimum atomic E-state index is -0.514. The van der Waals surface area contributed by atoms with Gasteiger partial charge in [-0.2, -0.15) is 5.10 Å². The van der Waals surface area contributed by atoms with E-state index in [1.807, 2.05) is 35.8 Å². The molecule has 0 saturated carbocycles. The van der Waals surface area contributed by atoms with E-state index in [-0.39, 0.29) is 17.9 Å². The van der Waals surface area contributed by atoms with Gasteiger partial charge in [-0.3, -0.25) is 14.9 Å². The summed E-state index contributed by atoms with van der Waals surface area (Å²) >= 11 is 0. The lowest BCUT2D eigenvalue weighted by molar-refractivity contribution is -0.385. The number of hydrazone groups is 1. The minimum Gasteiger partial charge on any atom is -0.340 e. The van der Waals surface area contributed by atoms with Crippen molar-refractivity contribution in [1.82, 2.24) is 9.99 Å². The number of nitro groups is 1. The molecule has 0 aliphatic heterocycles. The standard InChI is InChI=1S/C25H21FN4O3/c1-17-21(15-27-28-25(31)14-18-8-3-6-12-23(18)30(32)33)20-10-4-7-13-24(20)29(17)16-19-9-2-5-11-22(19)26/h2-13,15H,14,16H2,1H3,(H,28,31). The monoisotopic (exact) mass is 444 g/mol. The minimum absolute atomic E-state index is 0.108. The molecule has 166 valence electrons. The van der Waals surface area contributed by atoms with Crippen LogP contribution in [0.1, 0.15) is 22.4 Å². The molecule has 0 unspecified atom stereocenters. The second kappa shape index (κ2) is 9.44. The fourth-order valence-corrected chi connectivity index (χ4v) is 3.84. The zero-order chi connectivity index (χ0) is 23.4. The Balaban J connectivity index is 1.57. The van der Waals surface area contributed by atoms with Gasteiger partial charge in [0.15, 0.2) is 0 Å². The molecule has 3 aromatic carbocycles. The first-order valence-corrected chi connectivity index (χ1v) is 10.3. The normalized spacial score (nSPS) is 11.2. The van der Waals surface area contributed by atoms with E-state index in [4.69, 9.17) is 0 Å². The van der Waals surface area contributed by atoms with Gasteiger partial charge in [-0.1, -0.05) is 54.6 Å². The molecule has 0 saturated heterocycles. The molecule has 0 aliphatic carbocycles. The number of amides is 1. The molecular weight excluding hydrogens is 423 g/mol. The van der Waals surface area contributed by atoms with Crippen LogP contribution in [0.5, 0.6) is 0 Å². The number of halogens is 1. The van der Waals surface area contributed by atoms with Crippen molar-refractivity contribution < 1.29 is 14.1 Å². The predicted molar refractivity (Wildman–Crippen MR) is 125 cm³/mol. The number of benzene rings is 3. The van der Waals surface area contributed by atoms with Gasteiger partial charge in [-0.05, 0) is 19.1 Å². The molecule has 4 aromatic rings. The Labute approximate surface area is 189 Å². The number of carbonyl (C=O) groups is 1. The number of para-hydroxylation sites is 2. The molecule has 0 radical (unpaired) electrons. The van der Waals surface area contributed by atoms with Gasteiger partial charge in [0.1, 0.15) is 5.82 Å². The van der Waals surface area contributed by atoms with E-state index >= 15 is 0 Å². The maximum atomic E-state index is 14.2. The van der Waals surface area contributed by atoms with Crippen LogP contribution in [-0.4, -0.2) is 21.6 Å². The van der Waals surface area contributed by atoms with Crippen LogP contribution in [0.2, 0.25) is 0 Å². The summed E-state index contributed by atoms with van der Waals surface area (Å²) in [6.45, 7) is 2.27. The number of fused-ring (bicyclic) bond motifs is 1. The number of hydrogen-bond acceptors (Lipinski definition) is 4. The Morgan fingerprint density at radius 3 is 2.48 bits per heavy atom. The number of nitro benzene ring substituents is 1. The summed E-state index contributed by atoms with van der Waals surface area (Å²) in [5.41, 5.74) is 5.81. The Hall–Kier alpha value is -4.33. The first-order chi connectivity index (χ1) is 16.0. The van der Waals surface area contributed by atoms with E-state index < -0.39 is 10.8 Å². The van der Waals surface area contributed by atoms with Crippen LogP contribution in [0.15, 0.2) is 77.9 Å². The summed E-state index contributed by atoms with van der Waals surface area (Å²) in [6.07, 6.45) is 1.38. The highest BCUT2D eigenvalue weighted by Crippen LogP contribution is 2.26. The van der Waals surface area contributed by atoms with Gasteiger partial charge < -0.3 is 4.57 Å². The molecule has 0 aliphatic rings. The van der Waals surface area contributed by atoms with Crippen LogP contribution in [0, 0.1) is 22.9 Å². The molecule has 8 heteroatoms. The van der Waals surface area contributed by atoms with Crippen molar-refractivity contribution in [3.63, 3.8) is 0 Å². The predicted octanol–water partition coefficient (Wildman–Crippen LogP) is 4.74. The van der Waals surface area contributed by atoms with Crippen molar-refractivity contribution in [3.05, 3.63) is 111 Å². The Bertz CT molecular complexity index is 1380. The molecule has 1 amide bonds. The number of aromatic nitrogens is 1. The Kier molecular flexibility index (Phi) is 6.26. The topological polar surface area (TPSA) is 89.5 Å². The second-order valence-electron chi connectivity index (χ2n) is 7.55. The zero-order valence-corrected chi connectivity index (χ0v) is 17.9. The van der Waals surface area contributed by atoms with Gasteiger partial charge in [0, 0.05) is 39.4 Å².